The summed E-state index contributed by atoms with van der Waals surface area (Å²) in [6.45, 7) is 0. The van der Waals surface area contributed by atoms with Crippen LogP contribution in [0.1, 0.15) is 0 Å². The van der Waals surface area contributed by atoms with Crippen LogP contribution in [0.2, 0.25) is 0 Å². The Morgan fingerprint density at radius 3 is 1.24 bits per heavy atom. The summed E-state index contributed by atoms with van der Waals surface area (Å²) in [4.78, 5) is 0. The van der Waals surface area contributed by atoms with Gasteiger partial charge in [0.05, 0.1) is 0 Å². The van der Waals surface area contributed by atoms with Crippen LogP contribution >= 0.6 is 0 Å². The number of hydrogen-bond acceptors (Lipinski definition) is 2. The molecule has 0 spiro atoms. The Labute approximate surface area is 310 Å². The lowest BCUT2D eigenvalue weighted by molar-refractivity contribution is 0.664. The average Bonchev–Trinajstić information content (AvgIpc) is 3.79. The fourth-order valence-corrected chi connectivity index (χ4v) is 8.74. The molecule has 0 aliphatic rings. The predicted octanol–water partition coefficient (Wildman–Crippen LogP) is 15.1. The molecule has 250 valence electrons. The zero-order chi connectivity index (χ0) is 35.3. The monoisotopic (exact) mass is 686 g/mol. The van der Waals surface area contributed by atoms with Crippen LogP contribution in [0.15, 0.2) is 191 Å². The minimum Gasteiger partial charge on any atom is -0.456 e. The molecule has 0 fully saturated rings. The first-order chi connectivity index (χ1) is 26.7. The summed E-state index contributed by atoms with van der Waals surface area (Å²) in [5.74, 6) is 0. The fourth-order valence-electron chi connectivity index (χ4n) is 8.74. The van der Waals surface area contributed by atoms with Crippen molar-refractivity contribution in [1.82, 2.24) is 0 Å². The number of fused-ring (bicyclic) bond motifs is 13. The molecule has 0 saturated heterocycles. The fraction of sp³-hybridized carbons (Fsp3) is 0. The lowest BCUT2D eigenvalue weighted by Gasteiger charge is -2.13. The summed E-state index contributed by atoms with van der Waals surface area (Å²) in [5, 5.41) is 14.5. The van der Waals surface area contributed by atoms with E-state index in [-0.39, 0.29) is 0 Å². The first-order valence-electron chi connectivity index (χ1n) is 18.5. The van der Waals surface area contributed by atoms with Crippen molar-refractivity contribution >= 4 is 87.0 Å². The van der Waals surface area contributed by atoms with Crippen molar-refractivity contribution in [2.45, 2.75) is 0 Å². The SMILES string of the molecule is c1cc(-c2ccc3cc(-c4ccc5oc6cc7c(cc6c5c4)oc4ccccc47)ccc3c2)cc(-c2ccc3c4ccccc4c4ccccc4c3c2)c1. The molecule has 10 aromatic carbocycles. The second-order valence-corrected chi connectivity index (χ2v) is 14.5. The van der Waals surface area contributed by atoms with E-state index in [0.717, 1.165) is 49.4 Å². The molecule has 0 saturated carbocycles. The van der Waals surface area contributed by atoms with Gasteiger partial charge in [0.15, 0.2) is 0 Å². The van der Waals surface area contributed by atoms with Crippen LogP contribution in [-0.4, -0.2) is 0 Å². The normalized spacial score (nSPS) is 12.1. The van der Waals surface area contributed by atoms with Crippen LogP contribution < -0.4 is 0 Å². The van der Waals surface area contributed by atoms with E-state index in [9.17, 15) is 0 Å². The number of hydrogen-bond donors (Lipinski definition) is 0. The Kier molecular flexibility index (Phi) is 6.09. The zero-order valence-corrected chi connectivity index (χ0v) is 29.1. The Bertz CT molecular complexity index is 3470. The van der Waals surface area contributed by atoms with E-state index in [4.69, 9.17) is 8.83 Å². The lowest BCUT2D eigenvalue weighted by Crippen LogP contribution is -1.86. The van der Waals surface area contributed by atoms with E-state index < -0.39 is 0 Å². The second-order valence-electron chi connectivity index (χ2n) is 14.5. The molecule has 0 unspecified atom stereocenters. The van der Waals surface area contributed by atoms with Crippen molar-refractivity contribution in [2.75, 3.05) is 0 Å². The minimum absolute atomic E-state index is 0.874. The molecule has 0 aliphatic heterocycles. The molecular formula is C52H30O2. The third-order valence-corrected chi connectivity index (χ3v) is 11.4. The molecule has 2 heteroatoms. The van der Waals surface area contributed by atoms with Crippen molar-refractivity contribution < 1.29 is 8.83 Å². The highest BCUT2D eigenvalue weighted by molar-refractivity contribution is 6.25. The van der Waals surface area contributed by atoms with Crippen LogP contribution in [0.3, 0.4) is 0 Å². The van der Waals surface area contributed by atoms with Crippen molar-refractivity contribution in [3.63, 3.8) is 0 Å². The first kappa shape index (κ1) is 29.4. The summed E-state index contributed by atoms with van der Waals surface area (Å²) >= 11 is 0. The highest BCUT2D eigenvalue weighted by atomic mass is 16.3. The molecule has 0 atom stereocenters. The van der Waals surface area contributed by atoms with Gasteiger partial charge in [0.2, 0.25) is 0 Å². The van der Waals surface area contributed by atoms with Gasteiger partial charge in [0.1, 0.15) is 22.3 Å². The van der Waals surface area contributed by atoms with E-state index >= 15 is 0 Å². The molecule has 2 heterocycles. The first-order valence-corrected chi connectivity index (χ1v) is 18.5. The van der Waals surface area contributed by atoms with E-state index in [1.54, 1.807) is 0 Å². The summed E-state index contributed by atoms with van der Waals surface area (Å²) in [6.07, 6.45) is 0. The zero-order valence-electron chi connectivity index (χ0n) is 29.1. The highest BCUT2D eigenvalue weighted by Crippen LogP contribution is 2.40. The summed E-state index contributed by atoms with van der Waals surface area (Å²) in [6, 6.07) is 65.9. The van der Waals surface area contributed by atoms with Crippen LogP contribution in [0.5, 0.6) is 0 Å². The smallest absolute Gasteiger partial charge is 0.136 e. The predicted molar refractivity (Wildman–Crippen MR) is 227 cm³/mol. The molecule has 0 aliphatic carbocycles. The minimum atomic E-state index is 0.874. The number of rotatable bonds is 3. The standard InChI is InChI=1S/C52H30O2/c1-2-12-41-39(10-1)40-11-3-4-13-42(40)45-27-37(20-22-43(41)45)32-9-7-8-31(24-32)33-16-17-35-26-36(19-18-34(35)25-33)38-21-23-50-46(28-38)48-30-51-47(29-52(48)54-50)44-14-5-6-15-49(44)53-51/h1-30H. The Morgan fingerprint density at radius 2 is 0.611 bits per heavy atom. The third-order valence-electron chi connectivity index (χ3n) is 11.4. The molecule has 0 radical (unpaired) electrons. The van der Waals surface area contributed by atoms with Crippen LogP contribution in [-0.2, 0) is 0 Å². The highest BCUT2D eigenvalue weighted by Gasteiger charge is 2.15. The van der Waals surface area contributed by atoms with Crippen molar-refractivity contribution in [3.8, 4) is 33.4 Å². The van der Waals surface area contributed by atoms with Gasteiger partial charge in [0.25, 0.3) is 0 Å². The summed E-state index contributed by atoms with van der Waals surface area (Å²) in [7, 11) is 0. The van der Waals surface area contributed by atoms with Gasteiger partial charge in [-0.1, -0.05) is 127 Å². The van der Waals surface area contributed by atoms with Gasteiger partial charge in [-0.05, 0) is 131 Å². The van der Waals surface area contributed by atoms with E-state index in [1.807, 2.05) is 18.2 Å². The topological polar surface area (TPSA) is 26.3 Å². The second kappa shape index (κ2) is 11.2. The van der Waals surface area contributed by atoms with Crippen molar-refractivity contribution in [1.29, 1.82) is 0 Å². The van der Waals surface area contributed by atoms with E-state index in [0.29, 0.717) is 0 Å². The van der Waals surface area contributed by atoms with Crippen LogP contribution in [0.25, 0.3) is 120 Å². The largest absolute Gasteiger partial charge is 0.456 e. The number of benzene rings is 10. The molecule has 12 rings (SSSR count). The van der Waals surface area contributed by atoms with Crippen LogP contribution in [0, 0.1) is 0 Å². The maximum absolute atomic E-state index is 6.34. The molecule has 0 bridgehead atoms. The van der Waals surface area contributed by atoms with Crippen molar-refractivity contribution in [2.24, 2.45) is 0 Å². The molecule has 54 heavy (non-hydrogen) atoms. The van der Waals surface area contributed by atoms with E-state index in [1.165, 1.54) is 70.9 Å². The molecule has 0 N–H and O–H groups in total. The van der Waals surface area contributed by atoms with Gasteiger partial charge in [-0.2, -0.15) is 0 Å². The molecule has 12 aromatic rings. The van der Waals surface area contributed by atoms with Crippen LogP contribution in [0.4, 0.5) is 0 Å². The quantitative estimate of drug-likeness (QED) is 0.173. The van der Waals surface area contributed by atoms with Gasteiger partial charge < -0.3 is 8.83 Å². The van der Waals surface area contributed by atoms with Gasteiger partial charge in [-0.15, -0.1) is 0 Å². The molecule has 0 amide bonds. The molecule has 2 aromatic heterocycles. The maximum atomic E-state index is 6.34. The number of para-hydroxylation sites is 1. The lowest BCUT2D eigenvalue weighted by atomic mass is 9.91. The average molecular weight is 687 g/mol. The van der Waals surface area contributed by atoms with Gasteiger partial charge in [-0.25, -0.2) is 0 Å². The summed E-state index contributed by atoms with van der Waals surface area (Å²) < 4.78 is 12.6. The van der Waals surface area contributed by atoms with Gasteiger partial charge in [-0.3, -0.25) is 0 Å². The number of furan rings is 2. The Hall–Kier alpha value is -7.16. The summed E-state index contributed by atoms with van der Waals surface area (Å²) in [5.41, 5.74) is 10.7. The van der Waals surface area contributed by atoms with Gasteiger partial charge >= 0.3 is 0 Å². The maximum Gasteiger partial charge on any atom is 0.136 e. The Balaban J connectivity index is 0.902. The van der Waals surface area contributed by atoms with Gasteiger partial charge in [0, 0.05) is 21.5 Å². The molecule has 2 nitrogen and oxygen atoms in total. The Morgan fingerprint density at radius 1 is 0.204 bits per heavy atom. The molecular weight excluding hydrogens is 657 g/mol. The van der Waals surface area contributed by atoms with E-state index in [2.05, 4.69) is 164 Å². The third kappa shape index (κ3) is 4.41. The van der Waals surface area contributed by atoms with Crippen molar-refractivity contribution in [3.05, 3.63) is 182 Å².